The Morgan fingerprint density at radius 2 is 1.14 bits per heavy atom. The van der Waals surface area contributed by atoms with Crippen LogP contribution in [0.2, 0.25) is 0 Å². The second kappa shape index (κ2) is 18.8. The fourth-order valence-electron chi connectivity index (χ4n) is 9.60. The standard InChI is InChI=1S/C62H46F5N4O.Pt/c1-61(2,3)41-29-30-68-53(33-41)71-49-20-11-10-17-45(49)46-28-27-43(35-52(46)71)72-44-32-40(39-25-23-38(24-26-39)37-15-8-7-9-16-37)31-42(34-44)69-36-70(51-22-13-12-21-50(51)69)60-47(18-14-19-48(60)62(4,5)6)54-55(63)57(65)59(67)58(66)56(54)64;/h7-33,36H,1-6H3;/q-3;. The minimum Gasteiger partial charge on any atom is -0.509 e. The maximum absolute atomic E-state index is 15.9. The number of pyridine rings is 1. The molecule has 0 spiro atoms. The topological polar surface area (TPSA) is 33.5 Å². The molecule has 1 aliphatic rings. The molecule has 1 aliphatic heterocycles. The van der Waals surface area contributed by atoms with Crippen molar-refractivity contribution in [2.24, 2.45) is 0 Å². The zero-order chi connectivity index (χ0) is 50.2. The fraction of sp³-hybridized carbons (Fsp3) is 0.129. The summed E-state index contributed by atoms with van der Waals surface area (Å²) in [4.78, 5) is 8.46. The number of ether oxygens (including phenoxy) is 1. The van der Waals surface area contributed by atoms with Gasteiger partial charge in [-0.25, -0.2) is 26.9 Å². The summed E-state index contributed by atoms with van der Waals surface area (Å²) in [6, 6.07) is 57.7. The Morgan fingerprint density at radius 1 is 0.521 bits per heavy atom. The number of fused-ring (bicyclic) bond motifs is 4. The Bertz CT molecular complexity index is 3720. The van der Waals surface area contributed by atoms with E-state index in [1.54, 1.807) is 23.7 Å². The molecular weight excluding hydrogens is 1110 g/mol. The molecule has 11 rings (SSSR count). The zero-order valence-electron chi connectivity index (χ0n) is 40.6. The SMILES string of the molecule is CC(C)(C)c1ccnc(-n2c3[c-]c(Oc4[c-]c(N5[CH-]N(c6c(-c7c(F)c(F)c(F)c(F)c7F)cccc6C(C)(C)C)c6ccccc65)cc(-c5ccc(-c6ccccc6)cc5)c4)ccc3c3ccccc32)c1.[Pt]. The number of benzene rings is 8. The van der Waals surface area contributed by atoms with Crippen molar-refractivity contribution in [2.45, 2.75) is 52.4 Å². The number of hydrogen-bond acceptors (Lipinski definition) is 4. The van der Waals surface area contributed by atoms with Crippen LogP contribution in [-0.2, 0) is 31.9 Å². The Hall–Kier alpha value is -7.55. The normalized spacial score (nSPS) is 12.6. The first-order chi connectivity index (χ1) is 34.5. The van der Waals surface area contributed by atoms with Crippen molar-refractivity contribution < 1.29 is 47.8 Å². The molecule has 73 heavy (non-hydrogen) atoms. The van der Waals surface area contributed by atoms with E-state index < -0.39 is 40.1 Å². The van der Waals surface area contributed by atoms with Crippen molar-refractivity contribution >= 4 is 44.6 Å². The summed E-state index contributed by atoms with van der Waals surface area (Å²) in [7, 11) is 0. The summed E-state index contributed by atoms with van der Waals surface area (Å²) >= 11 is 0. The van der Waals surface area contributed by atoms with Gasteiger partial charge in [-0.2, -0.15) is 6.07 Å². The van der Waals surface area contributed by atoms with Gasteiger partial charge in [0.1, 0.15) is 5.82 Å². The van der Waals surface area contributed by atoms with Gasteiger partial charge >= 0.3 is 0 Å². The first kappa shape index (κ1) is 49.0. The third kappa shape index (κ3) is 8.75. The molecule has 5 nitrogen and oxygen atoms in total. The van der Waals surface area contributed by atoms with E-state index in [0.717, 1.165) is 55.4 Å². The zero-order valence-corrected chi connectivity index (χ0v) is 42.8. The largest absolute Gasteiger partial charge is 0.509 e. The molecule has 0 saturated heterocycles. The molecular formula is C62H46F5N4OPt-3. The predicted molar refractivity (Wildman–Crippen MR) is 278 cm³/mol. The molecule has 0 bridgehead atoms. The first-order valence-corrected chi connectivity index (χ1v) is 23.6. The minimum atomic E-state index is -2.22. The molecule has 0 N–H and O–H groups in total. The molecule has 8 aromatic carbocycles. The van der Waals surface area contributed by atoms with E-state index in [9.17, 15) is 4.39 Å². The first-order valence-electron chi connectivity index (χ1n) is 23.6. The van der Waals surface area contributed by atoms with Crippen LogP contribution in [0.4, 0.5) is 44.7 Å². The third-order valence-electron chi connectivity index (χ3n) is 13.2. The summed E-state index contributed by atoms with van der Waals surface area (Å²) in [6.45, 7) is 14.0. The Balaban J connectivity index is 0.00000611. The van der Waals surface area contributed by atoms with E-state index in [-0.39, 0.29) is 37.7 Å². The van der Waals surface area contributed by atoms with Crippen molar-refractivity contribution in [3.8, 4) is 50.7 Å². The van der Waals surface area contributed by atoms with Gasteiger partial charge in [0, 0.05) is 66.9 Å². The van der Waals surface area contributed by atoms with Crippen molar-refractivity contribution in [3.63, 3.8) is 0 Å². The maximum Gasteiger partial charge on any atom is 0.200 e. The molecule has 0 amide bonds. The van der Waals surface area contributed by atoms with E-state index in [1.165, 1.54) is 6.07 Å². The van der Waals surface area contributed by atoms with Crippen LogP contribution in [0.25, 0.3) is 61.0 Å². The van der Waals surface area contributed by atoms with Gasteiger partial charge in [-0.15, -0.1) is 53.6 Å². The van der Waals surface area contributed by atoms with Gasteiger partial charge in [0.25, 0.3) is 0 Å². The third-order valence-corrected chi connectivity index (χ3v) is 13.2. The van der Waals surface area contributed by atoms with E-state index in [1.807, 2.05) is 129 Å². The van der Waals surface area contributed by atoms with Gasteiger partial charge in [0.2, 0.25) is 5.82 Å². The van der Waals surface area contributed by atoms with Crippen LogP contribution in [0, 0.1) is 47.9 Å². The van der Waals surface area contributed by atoms with E-state index >= 15 is 17.6 Å². The van der Waals surface area contributed by atoms with Crippen LogP contribution in [0.15, 0.2) is 164 Å². The van der Waals surface area contributed by atoms with Crippen LogP contribution in [0.3, 0.4) is 0 Å². The second-order valence-electron chi connectivity index (χ2n) is 20.0. The number of rotatable bonds is 8. The average Bonchev–Trinajstić information content (AvgIpc) is 3.93. The van der Waals surface area contributed by atoms with E-state index in [2.05, 4.69) is 79.9 Å². The molecule has 0 atom stereocenters. The molecule has 368 valence electrons. The number of anilines is 4. The monoisotopic (exact) mass is 1150 g/mol. The average molecular weight is 1150 g/mol. The molecule has 0 fully saturated rings. The van der Waals surface area contributed by atoms with Crippen molar-refractivity contribution in [2.75, 3.05) is 9.80 Å². The smallest absolute Gasteiger partial charge is 0.200 e. The summed E-state index contributed by atoms with van der Waals surface area (Å²) in [6.07, 6.45) is 1.83. The van der Waals surface area contributed by atoms with Gasteiger partial charge in [-0.3, -0.25) is 0 Å². The van der Waals surface area contributed by atoms with Crippen molar-refractivity contribution in [1.29, 1.82) is 0 Å². The molecule has 2 aromatic heterocycles. The van der Waals surface area contributed by atoms with E-state index in [0.29, 0.717) is 34.1 Å². The van der Waals surface area contributed by atoms with Crippen LogP contribution < -0.4 is 14.5 Å². The summed E-state index contributed by atoms with van der Waals surface area (Å²) in [5, 5.41) is 2.01. The molecule has 0 aliphatic carbocycles. The van der Waals surface area contributed by atoms with Gasteiger partial charge in [0.05, 0.1) is 5.56 Å². The van der Waals surface area contributed by atoms with Gasteiger partial charge in [-0.05, 0) is 74.4 Å². The number of halogens is 5. The van der Waals surface area contributed by atoms with Crippen LogP contribution in [-0.4, -0.2) is 9.55 Å². The Kier molecular flexibility index (Phi) is 12.6. The molecule has 0 radical (unpaired) electrons. The van der Waals surface area contributed by atoms with Crippen LogP contribution in [0.5, 0.6) is 11.5 Å². The molecule has 3 heterocycles. The summed E-state index contributed by atoms with van der Waals surface area (Å²) in [5.41, 5.74) is 7.31. The summed E-state index contributed by atoms with van der Waals surface area (Å²) < 4.78 is 85.2. The quantitative estimate of drug-likeness (QED) is 0.0657. The second-order valence-corrected chi connectivity index (χ2v) is 20.0. The fourth-order valence-corrected chi connectivity index (χ4v) is 9.60. The number of hydrogen-bond donors (Lipinski definition) is 0. The maximum atomic E-state index is 15.9. The summed E-state index contributed by atoms with van der Waals surface area (Å²) in [5.74, 6) is -8.58. The molecule has 0 unspecified atom stereocenters. The minimum absolute atomic E-state index is 0. The van der Waals surface area contributed by atoms with Crippen molar-refractivity contribution in [1.82, 2.24) is 9.55 Å². The molecule has 10 aromatic rings. The van der Waals surface area contributed by atoms with Crippen LogP contribution >= 0.6 is 0 Å². The number of nitrogens with zero attached hydrogens (tertiary/aromatic N) is 4. The Morgan fingerprint density at radius 3 is 1.82 bits per heavy atom. The van der Waals surface area contributed by atoms with E-state index in [4.69, 9.17) is 9.72 Å². The van der Waals surface area contributed by atoms with Crippen molar-refractivity contribution in [3.05, 3.63) is 223 Å². The molecule has 11 heteroatoms. The number of aromatic nitrogens is 2. The molecule has 0 saturated carbocycles. The van der Waals surface area contributed by atoms with Gasteiger partial charge in [0.15, 0.2) is 23.3 Å². The van der Waals surface area contributed by atoms with Gasteiger partial charge < -0.3 is 19.1 Å². The van der Waals surface area contributed by atoms with Gasteiger partial charge in [-0.1, -0.05) is 150 Å². The Labute approximate surface area is 435 Å². The predicted octanol–water partition coefficient (Wildman–Crippen LogP) is 17.3. The van der Waals surface area contributed by atoms with Crippen LogP contribution in [0.1, 0.15) is 52.7 Å². The number of para-hydroxylation sites is 4.